The number of aryl methyl sites for hydroxylation is 1. The molecule has 1 aromatic rings. The van der Waals surface area contributed by atoms with E-state index in [-0.39, 0.29) is 10.5 Å². The highest BCUT2D eigenvalue weighted by atomic mass is 28.4. The molecule has 3 aliphatic carbocycles. The molecule has 3 aliphatic rings. The zero-order valence-corrected chi connectivity index (χ0v) is 19.0. The first-order valence-electron chi connectivity index (χ1n) is 10.9. The summed E-state index contributed by atoms with van der Waals surface area (Å²) in [6.07, 6.45) is 6.59. The van der Waals surface area contributed by atoms with Crippen LogP contribution in [0.25, 0.3) is 0 Å². The van der Waals surface area contributed by atoms with Crippen LogP contribution in [0.3, 0.4) is 0 Å². The van der Waals surface area contributed by atoms with E-state index in [4.69, 9.17) is 4.43 Å². The third-order valence-electron chi connectivity index (χ3n) is 8.59. The van der Waals surface area contributed by atoms with Crippen molar-refractivity contribution in [2.75, 3.05) is 0 Å². The van der Waals surface area contributed by atoms with Crippen LogP contribution in [0, 0.1) is 17.3 Å². The lowest BCUT2D eigenvalue weighted by molar-refractivity contribution is -0.129. The minimum Gasteiger partial charge on any atom is -0.543 e. The summed E-state index contributed by atoms with van der Waals surface area (Å²) in [5.41, 5.74) is 3.03. The van der Waals surface area contributed by atoms with Gasteiger partial charge in [0.15, 0.2) is 0 Å². The van der Waals surface area contributed by atoms with Crippen LogP contribution < -0.4 is 4.43 Å². The summed E-state index contributed by atoms with van der Waals surface area (Å²) < 4.78 is 6.56. The molecule has 0 radical (unpaired) electrons. The van der Waals surface area contributed by atoms with Crippen molar-refractivity contribution in [1.82, 2.24) is 0 Å². The Labute approximate surface area is 166 Å². The Morgan fingerprint density at radius 1 is 1.11 bits per heavy atom. The molecule has 0 amide bonds. The Bertz CT molecular complexity index is 760. The predicted octanol–water partition coefficient (Wildman–Crippen LogP) is 6.50. The second-order valence-corrected chi connectivity index (χ2v) is 15.8. The van der Waals surface area contributed by atoms with E-state index in [0.717, 1.165) is 31.4 Å². The van der Waals surface area contributed by atoms with E-state index in [1.165, 1.54) is 18.4 Å². The van der Waals surface area contributed by atoms with Gasteiger partial charge in [-0.2, -0.15) is 0 Å². The molecule has 0 saturated heterocycles. The van der Waals surface area contributed by atoms with Gasteiger partial charge in [-0.3, -0.25) is 4.79 Å². The number of hydrogen-bond donors (Lipinski definition) is 0. The standard InChI is InChI=1S/C24H36O2Si/c1-23(2,3)27(5,6)26-17-8-10-18-16(15-17)7-9-20-19(18)13-14-24(4)21(20)11-12-22(24)25/h8,10,15,19-21H,7,9,11-14H2,1-6H3/t19-,20-,21?,24+/m1/s1. The molecule has 3 heteroatoms. The molecule has 1 aromatic carbocycles. The number of carbonyl (C=O) groups excluding carboxylic acids is 1. The Morgan fingerprint density at radius 2 is 1.85 bits per heavy atom. The van der Waals surface area contributed by atoms with Gasteiger partial charge in [-0.25, -0.2) is 0 Å². The van der Waals surface area contributed by atoms with Crippen molar-refractivity contribution in [3.8, 4) is 5.75 Å². The first-order valence-corrected chi connectivity index (χ1v) is 13.8. The topological polar surface area (TPSA) is 26.3 Å². The largest absolute Gasteiger partial charge is 0.543 e. The van der Waals surface area contributed by atoms with Crippen molar-refractivity contribution in [1.29, 1.82) is 0 Å². The Balaban J connectivity index is 1.59. The summed E-state index contributed by atoms with van der Waals surface area (Å²) >= 11 is 0. The van der Waals surface area contributed by atoms with E-state index in [9.17, 15) is 4.79 Å². The second kappa shape index (κ2) is 6.20. The van der Waals surface area contributed by atoms with E-state index in [2.05, 4.69) is 59.0 Å². The number of fused-ring (bicyclic) bond motifs is 5. The Kier molecular flexibility index (Phi) is 4.42. The number of ketones is 1. The lowest BCUT2D eigenvalue weighted by Gasteiger charge is -2.48. The van der Waals surface area contributed by atoms with E-state index < -0.39 is 8.32 Å². The van der Waals surface area contributed by atoms with Crippen LogP contribution in [-0.4, -0.2) is 14.1 Å². The van der Waals surface area contributed by atoms with Gasteiger partial charge in [-0.1, -0.05) is 33.8 Å². The first kappa shape index (κ1) is 19.2. The highest BCUT2D eigenvalue weighted by Crippen LogP contribution is 2.59. The lowest BCUT2D eigenvalue weighted by Crippen LogP contribution is -2.44. The zero-order valence-electron chi connectivity index (χ0n) is 18.0. The first-order chi connectivity index (χ1) is 12.5. The molecule has 2 saturated carbocycles. The summed E-state index contributed by atoms with van der Waals surface area (Å²) in [4.78, 5) is 12.5. The van der Waals surface area contributed by atoms with E-state index in [1.807, 2.05) is 0 Å². The molecule has 0 aromatic heterocycles. The molecule has 0 aliphatic heterocycles. The molecule has 2 fully saturated rings. The SMILES string of the molecule is CC(C)(C)[Si](C)(C)Oc1ccc2c(c1)CC[C@H]1C3CCC(=O)[C@@]3(C)CC[C@H]21. The molecule has 1 unspecified atom stereocenters. The molecule has 148 valence electrons. The molecule has 4 rings (SSSR count). The van der Waals surface area contributed by atoms with Crippen LogP contribution >= 0.6 is 0 Å². The maximum absolute atomic E-state index is 12.5. The number of hydrogen-bond acceptors (Lipinski definition) is 2. The minimum atomic E-state index is -1.80. The van der Waals surface area contributed by atoms with Crippen LogP contribution in [0.4, 0.5) is 0 Å². The van der Waals surface area contributed by atoms with Crippen LogP contribution in [0.15, 0.2) is 18.2 Å². The van der Waals surface area contributed by atoms with Crippen molar-refractivity contribution in [2.24, 2.45) is 17.3 Å². The number of Topliss-reactive ketones (excluding diaryl/α,β-unsaturated/α-hetero) is 1. The molecule has 0 N–H and O–H groups in total. The number of rotatable bonds is 2. The molecule has 27 heavy (non-hydrogen) atoms. The third-order valence-corrected chi connectivity index (χ3v) is 12.9. The number of carbonyl (C=O) groups is 1. The van der Waals surface area contributed by atoms with Crippen LogP contribution in [0.2, 0.25) is 18.1 Å². The summed E-state index contributed by atoms with van der Waals surface area (Å²) in [5, 5.41) is 0.219. The second-order valence-electron chi connectivity index (χ2n) is 11.1. The van der Waals surface area contributed by atoms with Gasteiger partial charge < -0.3 is 4.43 Å². The average molecular weight is 385 g/mol. The molecular formula is C24H36O2Si. The van der Waals surface area contributed by atoms with Gasteiger partial charge in [0.25, 0.3) is 0 Å². The van der Waals surface area contributed by atoms with Gasteiger partial charge in [-0.15, -0.1) is 0 Å². The highest BCUT2D eigenvalue weighted by Gasteiger charge is 2.54. The van der Waals surface area contributed by atoms with Crippen molar-refractivity contribution in [3.05, 3.63) is 29.3 Å². The van der Waals surface area contributed by atoms with Crippen molar-refractivity contribution < 1.29 is 9.22 Å². The fourth-order valence-corrected chi connectivity index (χ4v) is 6.86. The Hall–Kier alpha value is -1.09. The molecule has 0 bridgehead atoms. The van der Waals surface area contributed by atoms with E-state index >= 15 is 0 Å². The van der Waals surface area contributed by atoms with Gasteiger partial charge >= 0.3 is 0 Å². The number of benzene rings is 1. The van der Waals surface area contributed by atoms with Crippen LogP contribution in [-0.2, 0) is 11.2 Å². The van der Waals surface area contributed by atoms with Gasteiger partial charge in [0.05, 0.1) is 0 Å². The van der Waals surface area contributed by atoms with E-state index in [0.29, 0.717) is 23.5 Å². The maximum Gasteiger partial charge on any atom is 0.250 e. The van der Waals surface area contributed by atoms with Crippen LogP contribution in [0.1, 0.15) is 76.8 Å². The molecule has 2 nitrogen and oxygen atoms in total. The van der Waals surface area contributed by atoms with Gasteiger partial charge in [0.2, 0.25) is 8.32 Å². The fraction of sp³-hybridized carbons (Fsp3) is 0.708. The summed E-state index contributed by atoms with van der Waals surface area (Å²) in [6.45, 7) is 13.8. The molecular weight excluding hydrogens is 348 g/mol. The highest BCUT2D eigenvalue weighted by molar-refractivity contribution is 6.74. The normalized spacial score (nSPS) is 33.3. The summed E-state index contributed by atoms with van der Waals surface area (Å²) in [5.74, 6) is 3.57. The summed E-state index contributed by atoms with van der Waals surface area (Å²) in [6, 6.07) is 6.91. The molecule has 4 atom stereocenters. The average Bonchev–Trinajstić information content (AvgIpc) is 2.88. The minimum absolute atomic E-state index is 0.0238. The molecule has 0 heterocycles. The Morgan fingerprint density at radius 3 is 2.56 bits per heavy atom. The lowest BCUT2D eigenvalue weighted by atomic mass is 9.55. The quantitative estimate of drug-likeness (QED) is 0.544. The van der Waals surface area contributed by atoms with Crippen molar-refractivity contribution >= 4 is 14.1 Å². The van der Waals surface area contributed by atoms with Gasteiger partial charge in [0, 0.05) is 11.8 Å². The third kappa shape index (κ3) is 3.01. The monoisotopic (exact) mass is 384 g/mol. The van der Waals surface area contributed by atoms with Gasteiger partial charge in [-0.05, 0) is 91.2 Å². The summed E-state index contributed by atoms with van der Waals surface area (Å²) in [7, 11) is -1.80. The van der Waals surface area contributed by atoms with Crippen molar-refractivity contribution in [3.63, 3.8) is 0 Å². The van der Waals surface area contributed by atoms with Crippen LogP contribution in [0.5, 0.6) is 5.75 Å². The fourth-order valence-electron chi connectivity index (χ4n) is 5.84. The molecule has 0 spiro atoms. The van der Waals surface area contributed by atoms with Gasteiger partial charge in [0.1, 0.15) is 11.5 Å². The predicted molar refractivity (Wildman–Crippen MR) is 114 cm³/mol. The van der Waals surface area contributed by atoms with E-state index in [1.54, 1.807) is 5.56 Å². The maximum atomic E-state index is 12.5. The smallest absolute Gasteiger partial charge is 0.250 e. The van der Waals surface area contributed by atoms with Crippen molar-refractivity contribution in [2.45, 2.75) is 90.3 Å². The zero-order chi connectivity index (χ0) is 19.6.